The number of rotatable bonds is 8. The average Bonchev–Trinajstić information content (AvgIpc) is 2.98. The quantitative estimate of drug-likeness (QED) is 0.191. The van der Waals surface area contributed by atoms with E-state index in [2.05, 4.69) is 11.9 Å². The largest absolute Gasteiger partial charge is 0.445 e. The van der Waals surface area contributed by atoms with E-state index in [0.717, 1.165) is 24.3 Å². The van der Waals surface area contributed by atoms with Gasteiger partial charge in [-0.05, 0) is 48.7 Å². The number of likely N-dealkylation sites (tertiary alicyclic amines) is 1. The molecule has 2 amide bonds. The molecule has 238 valence electrons. The molecule has 2 aliphatic rings. The summed E-state index contributed by atoms with van der Waals surface area (Å²) < 4.78 is 95.6. The standard InChI is InChI=1S/C30H31F6N3O4S/c1-2-16-43-28(41)39-12-10-21(11-13-39)37-22-4-3-5-23(19-22)44-24-8-6-20(7-9-25(40)38-14-17-42-18-15-38)26(29(31,32)33)27(24)30(34,35)36/h2-9,19,21,37H,1,10-18H2/b9-7+. The molecule has 0 aliphatic carbocycles. The highest BCUT2D eigenvalue weighted by Gasteiger charge is 2.46. The number of nitrogens with one attached hydrogen (secondary N) is 1. The van der Waals surface area contributed by atoms with E-state index in [1.807, 2.05) is 0 Å². The van der Waals surface area contributed by atoms with Gasteiger partial charge in [0.05, 0.1) is 24.3 Å². The van der Waals surface area contributed by atoms with Gasteiger partial charge >= 0.3 is 18.4 Å². The summed E-state index contributed by atoms with van der Waals surface area (Å²) in [5, 5.41) is 3.29. The minimum atomic E-state index is -5.35. The number of carbonyl (C=O) groups is 2. The molecule has 2 fully saturated rings. The van der Waals surface area contributed by atoms with Crippen molar-refractivity contribution in [3.63, 3.8) is 0 Å². The zero-order chi connectivity index (χ0) is 31.9. The van der Waals surface area contributed by atoms with Crippen LogP contribution in [0.15, 0.2) is 64.9 Å². The smallest absolute Gasteiger partial charge is 0.418 e. The van der Waals surface area contributed by atoms with Gasteiger partial charge in [0, 0.05) is 53.8 Å². The van der Waals surface area contributed by atoms with Crippen molar-refractivity contribution in [1.82, 2.24) is 9.80 Å². The van der Waals surface area contributed by atoms with Gasteiger partial charge in [0.15, 0.2) is 0 Å². The Morgan fingerprint density at radius 3 is 2.30 bits per heavy atom. The summed E-state index contributed by atoms with van der Waals surface area (Å²) in [6.45, 7) is 5.48. The second-order valence-electron chi connectivity index (χ2n) is 10.1. The molecule has 7 nitrogen and oxygen atoms in total. The van der Waals surface area contributed by atoms with Gasteiger partial charge < -0.3 is 24.6 Å². The van der Waals surface area contributed by atoms with Gasteiger partial charge in [0.25, 0.3) is 0 Å². The van der Waals surface area contributed by atoms with E-state index in [9.17, 15) is 35.9 Å². The molecular weight excluding hydrogens is 612 g/mol. The number of hydrogen-bond donors (Lipinski definition) is 1. The molecule has 1 N–H and O–H groups in total. The SMILES string of the molecule is C=CCOC(=O)N1CCC(Nc2cccc(Sc3ccc(/C=C/C(=O)N4CCOCC4)c(C(F)(F)F)c3C(F)(F)F)c2)CC1. The lowest BCUT2D eigenvalue weighted by atomic mass is 9.99. The van der Waals surface area contributed by atoms with Crippen LogP contribution in [-0.2, 0) is 26.6 Å². The van der Waals surface area contributed by atoms with E-state index in [4.69, 9.17) is 9.47 Å². The van der Waals surface area contributed by atoms with Crippen molar-refractivity contribution in [3.05, 3.63) is 71.8 Å². The Bertz CT molecular complexity index is 1370. The fourth-order valence-electron chi connectivity index (χ4n) is 4.90. The van der Waals surface area contributed by atoms with E-state index < -0.39 is 45.9 Å². The normalized spacial score (nSPS) is 16.7. The van der Waals surface area contributed by atoms with Crippen molar-refractivity contribution in [2.75, 3.05) is 51.3 Å². The predicted octanol–water partition coefficient (Wildman–Crippen LogP) is 6.95. The Morgan fingerprint density at radius 1 is 0.977 bits per heavy atom. The Kier molecular flexibility index (Phi) is 10.9. The molecule has 4 rings (SSSR count). The zero-order valence-electron chi connectivity index (χ0n) is 23.5. The number of piperidine rings is 1. The molecule has 0 bridgehead atoms. The van der Waals surface area contributed by atoms with Crippen LogP contribution in [0.4, 0.5) is 36.8 Å². The topological polar surface area (TPSA) is 71.1 Å². The van der Waals surface area contributed by atoms with Crippen LogP contribution in [0.3, 0.4) is 0 Å². The summed E-state index contributed by atoms with van der Waals surface area (Å²) >= 11 is 0.565. The van der Waals surface area contributed by atoms with Crippen molar-refractivity contribution in [2.45, 2.75) is 41.0 Å². The van der Waals surface area contributed by atoms with E-state index in [1.54, 1.807) is 23.1 Å². The molecule has 44 heavy (non-hydrogen) atoms. The van der Waals surface area contributed by atoms with Crippen molar-refractivity contribution in [1.29, 1.82) is 0 Å². The minimum Gasteiger partial charge on any atom is -0.445 e. The van der Waals surface area contributed by atoms with Gasteiger partial charge in [0.1, 0.15) is 6.61 Å². The molecular formula is C30H31F6N3O4S. The first-order chi connectivity index (χ1) is 20.9. The Morgan fingerprint density at radius 2 is 1.66 bits per heavy atom. The summed E-state index contributed by atoms with van der Waals surface area (Å²) in [5.74, 6) is -0.615. The second kappa shape index (κ2) is 14.4. The number of amides is 2. The molecule has 0 aromatic heterocycles. The number of anilines is 1. The van der Waals surface area contributed by atoms with E-state index in [-0.39, 0.29) is 39.0 Å². The highest BCUT2D eigenvalue weighted by atomic mass is 32.2. The average molecular weight is 644 g/mol. The highest BCUT2D eigenvalue weighted by Crippen LogP contribution is 2.48. The van der Waals surface area contributed by atoms with Gasteiger partial charge in [-0.25, -0.2) is 4.79 Å². The molecule has 0 saturated carbocycles. The third-order valence-corrected chi connectivity index (χ3v) is 8.05. The molecule has 2 heterocycles. The molecule has 0 atom stereocenters. The van der Waals surface area contributed by atoms with Crippen molar-refractivity contribution >= 4 is 35.5 Å². The first-order valence-electron chi connectivity index (χ1n) is 13.8. The van der Waals surface area contributed by atoms with E-state index in [1.165, 1.54) is 17.0 Å². The van der Waals surface area contributed by atoms with Crippen molar-refractivity contribution < 1.29 is 45.4 Å². The van der Waals surface area contributed by atoms with Gasteiger partial charge in [-0.15, -0.1) is 0 Å². The maximum absolute atomic E-state index is 14.3. The zero-order valence-corrected chi connectivity index (χ0v) is 24.4. The van der Waals surface area contributed by atoms with Crippen LogP contribution in [0.25, 0.3) is 6.08 Å². The molecule has 2 saturated heterocycles. The van der Waals surface area contributed by atoms with Crippen LogP contribution in [0, 0.1) is 0 Å². The van der Waals surface area contributed by atoms with Crippen LogP contribution in [0.2, 0.25) is 0 Å². The third kappa shape index (κ3) is 8.72. The Labute approximate surface area is 254 Å². The second-order valence-corrected chi connectivity index (χ2v) is 11.2. The molecule has 2 aliphatic heterocycles. The van der Waals surface area contributed by atoms with Gasteiger partial charge in [-0.3, -0.25) is 4.79 Å². The van der Waals surface area contributed by atoms with E-state index in [0.29, 0.717) is 48.3 Å². The maximum Gasteiger partial charge on any atom is 0.418 e. The lowest BCUT2D eigenvalue weighted by Crippen LogP contribution is -2.42. The first kappa shape index (κ1) is 33.2. The predicted molar refractivity (Wildman–Crippen MR) is 153 cm³/mol. The van der Waals surface area contributed by atoms with Crippen molar-refractivity contribution in [2.24, 2.45) is 0 Å². The van der Waals surface area contributed by atoms with Crippen LogP contribution in [-0.4, -0.2) is 73.8 Å². The number of ether oxygens (including phenoxy) is 2. The summed E-state index contributed by atoms with van der Waals surface area (Å²) in [6, 6.07) is 8.28. The van der Waals surface area contributed by atoms with Gasteiger partial charge in [-0.1, -0.05) is 36.5 Å². The summed E-state index contributed by atoms with van der Waals surface area (Å²) in [6.07, 6.45) is -6.83. The number of benzene rings is 2. The van der Waals surface area contributed by atoms with Crippen LogP contribution in [0.1, 0.15) is 29.5 Å². The summed E-state index contributed by atoms with van der Waals surface area (Å²) in [5.41, 5.74) is -3.85. The molecule has 2 aromatic rings. The number of nitrogens with zero attached hydrogens (tertiary/aromatic N) is 2. The molecule has 0 unspecified atom stereocenters. The summed E-state index contributed by atoms with van der Waals surface area (Å²) in [4.78, 5) is 27.1. The Balaban J connectivity index is 1.54. The van der Waals surface area contributed by atoms with Crippen LogP contribution >= 0.6 is 11.8 Å². The summed E-state index contributed by atoms with van der Waals surface area (Å²) in [7, 11) is 0. The number of halogens is 6. The fraction of sp³-hybridized carbons (Fsp3) is 0.400. The van der Waals surface area contributed by atoms with Crippen LogP contribution in [0.5, 0.6) is 0 Å². The Hall–Kier alpha value is -3.65. The number of alkyl halides is 6. The highest BCUT2D eigenvalue weighted by molar-refractivity contribution is 7.99. The lowest BCUT2D eigenvalue weighted by molar-refractivity contribution is -0.163. The molecule has 0 spiro atoms. The first-order valence-corrected chi connectivity index (χ1v) is 14.6. The molecule has 2 aromatic carbocycles. The molecule has 14 heteroatoms. The van der Waals surface area contributed by atoms with Crippen molar-refractivity contribution in [3.8, 4) is 0 Å². The maximum atomic E-state index is 14.3. The third-order valence-electron chi connectivity index (χ3n) is 7.00. The van der Waals surface area contributed by atoms with Gasteiger partial charge in [0.2, 0.25) is 5.91 Å². The fourth-order valence-corrected chi connectivity index (χ4v) is 5.94. The monoisotopic (exact) mass is 643 g/mol. The van der Waals surface area contributed by atoms with E-state index >= 15 is 0 Å². The number of carbonyl (C=O) groups excluding carboxylic acids is 2. The van der Waals surface area contributed by atoms with Crippen LogP contribution < -0.4 is 5.32 Å². The number of hydrogen-bond acceptors (Lipinski definition) is 6. The van der Waals surface area contributed by atoms with Gasteiger partial charge in [-0.2, -0.15) is 26.3 Å². The lowest BCUT2D eigenvalue weighted by Gasteiger charge is -2.32. The minimum absolute atomic E-state index is 0.0347. The number of morpholine rings is 1. The molecule has 0 radical (unpaired) electrons.